The Bertz CT molecular complexity index is 884. The van der Waals surface area contributed by atoms with E-state index in [2.05, 4.69) is 26.1 Å². The van der Waals surface area contributed by atoms with Gasteiger partial charge in [0.25, 0.3) is 5.22 Å². The third-order valence-corrected chi connectivity index (χ3v) is 5.20. The molecule has 0 aliphatic carbocycles. The van der Waals surface area contributed by atoms with Gasteiger partial charge >= 0.3 is 6.03 Å². The summed E-state index contributed by atoms with van der Waals surface area (Å²) in [6.45, 7) is 3.77. The summed E-state index contributed by atoms with van der Waals surface area (Å²) < 4.78 is 5.52. The molecule has 1 aromatic heterocycles. The lowest BCUT2D eigenvalue weighted by Gasteiger charge is -2.27. The highest BCUT2D eigenvalue weighted by atomic mass is 32.2. The number of benzene rings is 1. The predicted molar refractivity (Wildman–Crippen MR) is 103 cm³/mol. The van der Waals surface area contributed by atoms with Gasteiger partial charge in [0.15, 0.2) is 0 Å². The first-order valence-corrected chi connectivity index (χ1v) is 9.89. The number of hydrogen-bond acceptors (Lipinski definition) is 7. The summed E-state index contributed by atoms with van der Waals surface area (Å²) in [5.41, 5.74) is 1.86. The van der Waals surface area contributed by atoms with Crippen LogP contribution in [0.2, 0.25) is 0 Å². The molecule has 10 heteroatoms. The Kier molecular flexibility index (Phi) is 6.30. The highest BCUT2D eigenvalue weighted by Gasteiger charge is 2.34. The molecule has 2 unspecified atom stereocenters. The third kappa shape index (κ3) is 4.89. The van der Waals surface area contributed by atoms with Crippen molar-refractivity contribution in [2.24, 2.45) is 5.92 Å². The molecule has 1 fully saturated rings. The zero-order chi connectivity index (χ0) is 20.1. The van der Waals surface area contributed by atoms with Gasteiger partial charge in [-0.1, -0.05) is 36.9 Å². The monoisotopic (exact) mass is 403 g/mol. The zero-order valence-corrected chi connectivity index (χ0v) is 16.3. The Hall–Kier alpha value is -2.88. The van der Waals surface area contributed by atoms with Crippen molar-refractivity contribution < 1.29 is 18.8 Å². The number of aryl methyl sites for hydroxylation is 1. The molecule has 0 radical (unpaired) electrons. The summed E-state index contributed by atoms with van der Waals surface area (Å²) in [5.74, 6) is -0.644. The normalized spacial score (nSPS) is 19.1. The molecular weight excluding hydrogens is 382 g/mol. The van der Waals surface area contributed by atoms with Gasteiger partial charge in [-0.25, -0.2) is 4.79 Å². The van der Waals surface area contributed by atoms with Crippen LogP contribution in [0.25, 0.3) is 0 Å². The van der Waals surface area contributed by atoms with E-state index in [0.717, 1.165) is 29.4 Å². The Morgan fingerprint density at radius 2 is 2.07 bits per heavy atom. The topological polar surface area (TPSA) is 126 Å². The standard InChI is InChI=1S/C18H21N5O4S/c1-3-11-6-4-5-7-13(11)20-14(24)9-28-18-23-22-15(27-18)8-12-10(2)19-17(26)21-16(12)25/h4-7,10,12H,3,8-9H2,1-2H3,(H,20,24)(H2,19,21,25,26). The summed E-state index contributed by atoms with van der Waals surface area (Å²) in [4.78, 5) is 35.4. The Labute approximate surface area is 166 Å². The van der Waals surface area contributed by atoms with Gasteiger partial charge in [0.1, 0.15) is 0 Å². The SMILES string of the molecule is CCc1ccccc1NC(=O)CSc1nnc(CC2C(=O)NC(=O)NC2C)o1. The van der Waals surface area contributed by atoms with E-state index < -0.39 is 11.9 Å². The summed E-state index contributed by atoms with van der Waals surface area (Å²) in [6, 6.07) is 6.79. The fourth-order valence-corrected chi connectivity index (χ4v) is 3.46. The predicted octanol–water partition coefficient (Wildman–Crippen LogP) is 1.75. The average molecular weight is 403 g/mol. The number of nitrogens with zero attached hydrogens (tertiary/aromatic N) is 2. The van der Waals surface area contributed by atoms with E-state index >= 15 is 0 Å². The minimum atomic E-state index is -0.508. The number of hydrogen-bond donors (Lipinski definition) is 3. The van der Waals surface area contributed by atoms with Crippen molar-refractivity contribution in [2.75, 3.05) is 11.1 Å². The Morgan fingerprint density at radius 1 is 1.29 bits per heavy atom. The molecule has 2 atom stereocenters. The van der Waals surface area contributed by atoms with Gasteiger partial charge in [-0.05, 0) is 25.0 Å². The van der Waals surface area contributed by atoms with Crippen molar-refractivity contribution in [3.8, 4) is 0 Å². The molecule has 28 heavy (non-hydrogen) atoms. The maximum absolute atomic E-state index is 12.2. The number of para-hydroxylation sites is 1. The second kappa shape index (κ2) is 8.87. The molecule has 1 aromatic carbocycles. The van der Waals surface area contributed by atoms with Crippen molar-refractivity contribution in [1.82, 2.24) is 20.8 Å². The number of imide groups is 1. The number of amides is 4. The molecule has 148 valence electrons. The summed E-state index contributed by atoms with van der Waals surface area (Å²) in [5, 5.41) is 15.8. The molecule has 0 spiro atoms. The van der Waals surface area contributed by atoms with E-state index in [9.17, 15) is 14.4 Å². The molecule has 1 aliphatic heterocycles. The molecule has 2 heterocycles. The van der Waals surface area contributed by atoms with Crippen LogP contribution in [0.5, 0.6) is 0 Å². The molecular formula is C18H21N5O4S. The van der Waals surface area contributed by atoms with Crippen molar-refractivity contribution in [2.45, 2.75) is 38.0 Å². The molecule has 0 saturated carbocycles. The van der Waals surface area contributed by atoms with Gasteiger partial charge in [0, 0.05) is 18.2 Å². The number of aromatic nitrogens is 2. The molecule has 1 saturated heterocycles. The number of anilines is 1. The third-order valence-electron chi connectivity index (χ3n) is 4.38. The first-order valence-electron chi connectivity index (χ1n) is 8.90. The first kappa shape index (κ1) is 19.9. The lowest BCUT2D eigenvalue weighted by atomic mass is 9.95. The van der Waals surface area contributed by atoms with E-state index in [4.69, 9.17) is 4.42 Å². The van der Waals surface area contributed by atoms with Gasteiger partial charge in [-0.3, -0.25) is 14.9 Å². The second-order valence-electron chi connectivity index (χ2n) is 6.37. The lowest BCUT2D eigenvalue weighted by molar-refractivity contribution is -0.125. The van der Waals surface area contributed by atoms with Crippen LogP contribution in [0.15, 0.2) is 33.9 Å². The molecule has 3 rings (SSSR count). The number of nitrogens with one attached hydrogen (secondary N) is 3. The Balaban J connectivity index is 1.52. The van der Waals surface area contributed by atoms with Gasteiger partial charge in [0.05, 0.1) is 11.7 Å². The van der Waals surface area contributed by atoms with Crippen LogP contribution < -0.4 is 16.0 Å². The largest absolute Gasteiger partial charge is 0.416 e. The molecule has 3 N–H and O–H groups in total. The van der Waals surface area contributed by atoms with Crippen LogP contribution in [-0.4, -0.2) is 39.8 Å². The summed E-state index contributed by atoms with van der Waals surface area (Å²) in [6.07, 6.45) is 1.03. The average Bonchev–Trinajstić information content (AvgIpc) is 3.11. The van der Waals surface area contributed by atoms with Crippen molar-refractivity contribution >= 4 is 35.3 Å². The quantitative estimate of drug-likeness (QED) is 0.601. The van der Waals surface area contributed by atoms with E-state index in [0.29, 0.717) is 0 Å². The lowest BCUT2D eigenvalue weighted by Crippen LogP contribution is -2.57. The fourth-order valence-electron chi connectivity index (χ4n) is 2.88. The maximum atomic E-state index is 12.2. The highest BCUT2D eigenvalue weighted by molar-refractivity contribution is 7.99. The second-order valence-corrected chi connectivity index (χ2v) is 7.30. The van der Waals surface area contributed by atoms with Crippen LogP contribution in [0, 0.1) is 5.92 Å². The van der Waals surface area contributed by atoms with Gasteiger partial charge in [0.2, 0.25) is 17.7 Å². The molecule has 9 nitrogen and oxygen atoms in total. The minimum Gasteiger partial charge on any atom is -0.416 e. The highest BCUT2D eigenvalue weighted by Crippen LogP contribution is 2.21. The van der Waals surface area contributed by atoms with Crippen LogP contribution in [0.4, 0.5) is 10.5 Å². The number of carbonyl (C=O) groups is 3. The molecule has 0 bridgehead atoms. The van der Waals surface area contributed by atoms with E-state index in [1.165, 1.54) is 0 Å². The molecule has 4 amide bonds. The molecule has 1 aliphatic rings. The van der Waals surface area contributed by atoms with Crippen LogP contribution in [0.3, 0.4) is 0 Å². The van der Waals surface area contributed by atoms with E-state index in [1.54, 1.807) is 6.92 Å². The Morgan fingerprint density at radius 3 is 2.82 bits per heavy atom. The van der Waals surface area contributed by atoms with Crippen molar-refractivity contribution in [3.63, 3.8) is 0 Å². The van der Waals surface area contributed by atoms with Gasteiger partial charge < -0.3 is 15.1 Å². The van der Waals surface area contributed by atoms with Crippen molar-refractivity contribution in [3.05, 3.63) is 35.7 Å². The van der Waals surface area contributed by atoms with Crippen LogP contribution in [0.1, 0.15) is 25.3 Å². The number of urea groups is 1. The van der Waals surface area contributed by atoms with Crippen LogP contribution >= 0.6 is 11.8 Å². The van der Waals surface area contributed by atoms with Crippen molar-refractivity contribution in [1.29, 1.82) is 0 Å². The minimum absolute atomic E-state index is 0.121. The number of carbonyl (C=O) groups excluding carboxylic acids is 3. The van der Waals surface area contributed by atoms with Gasteiger partial charge in [-0.2, -0.15) is 0 Å². The fraction of sp³-hybridized carbons (Fsp3) is 0.389. The number of thioether (sulfide) groups is 1. The maximum Gasteiger partial charge on any atom is 0.321 e. The van der Waals surface area contributed by atoms with E-state index in [1.807, 2.05) is 31.2 Å². The van der Waals surface area contributed by atoms with Gasteiger partial charge in [-0.15, -0.1) is 10.2 Å². The molecule has 2 aromatic rings. The summed E-state index contributed by atoms with van der Waals surface area (Å²) in [7, 11) is 0. The van der Waals surface area contributed by atoms with E-state index in [-0.39, 0.29) is 41.1 Å². The zero-order valence-electron chi connectivity index (χ0n) is 15.5. The van der Waals surface area contributed by atoms with Crippen LogP contribution in [-0.2, 0) is 22.4 Å². The first-order chi connectivity index (χ1) is 13.5. The smallest absolute Gasteiger partial charge is 0.321 e. The number of rotatable bonds is 7. The summed E-state index contributed by atoms with van der Waals surface area (Å²) >= 11 is 1.12.